The Morgan fingerprint density at radius 2 is 2.00 bits per heavy atom. The number of amides is 2. The first-order valence-corrected chi connectivity index (χ1v) is 8.29. The topological polar surface area (TPSA) is 110 Å². The molecule has 0 spiro atoms. The van der Waals surface area contributed by atoms with E-state index in [4.69, 9.17) is 5.73 Å². The van der Waals surface area contributed by atoms with Crippen molar-refractivity contribution in [3.05, 3.63) is 22.2 Å². The van der Waals surface area contributed by atoms with E-state index in [0.717, 1.165) is 4.90 Å². The normalized spacial score (nSPS) is 19.4. The molecule has 3 N–H and O–H groups in total. The maximum Gasteiger partial charge on any atom is 0.247 e. The Kier molecular flexibility index (Phi) is 4.09. The van der Waals surface area contributed by atoms with Crippen molar-refractivity contribution in [2.24, 2.45) is 0 Å². The quantitative estimate of drug-likeness (QED) is 0.585. The van der Waals surface area contributed by atoms with Gasteiger partial charge in [0.05, 0.1) is 11.3 Å². The van der Waals surface area contributed by atoms with Crippen LogP contribution < -0.4 is 10.5 Å². The van der Waals surface area contributed by atoms with Crippen molar-refractivity contribution in [2.45, 2.75) is 24.3 Å². The second-order valence-corrected chi connectivity index (χ2v) is 7.39. The van der Waals surface area contributed by atoms with Crippen molar-refractivity contribution < 1.29 is 18.0 Å². The number of nitrogen functional groups attached to an aromatic ring is 1. The number of anilines is 1. The number of nitrogens with zero attached hydrogens (tertiary/aromatic N) is 1. The first-order valence-electron chi connectivity index (χ1n) is 6.02. The molecule has 1 aliphatic heterocycles. The molecule has 0 bridgehead atoms. The molecule has 1 aromatic carbocycles. The molecular weight excluding hydrogens is 362 g/mol. The number of sulfonamides is 1. The molecule has 1 aromatic rings. The molecule has 21 heavy (non-hydrogen) atoms. The van der Waals surface area contributed by atoms with Gasteiger partial charge in [-0.3, -0.25) is 14.5 Å². The summed E-state index contributed by atoms with van der Waals surface area (Å²) in [5.41, 5.74) is 6.45. The van der Waals surface area contributed by atoms with Crippen LogP contribution in [-0.2, 0) is 19.6 Å². The highest BCUT2D eigenvalue weighted by atomic mass is 79.9. The zero-order valence-corrected chi connectivity index (χ0v) is 13.8. The third kappa shape index (κ3) is 2.94. The number of nitrogens with one attached hydrogen (secondary N) is 1. The highest BCUT2D eigenvalue weighted by molar-refractivity contribution is 9.10. The Morgan fingerprint density at radius 3 is 2.52 bits per heavy atom. The lowest BCUT2D eigenvalue weighted by Crippen LogP contribution is -2.40. The monoisotopic (exact) mass is 375 g/mol. The fraction of sp³-hybridized carbons (Fsp3) is 0.333. The summed E-state index contributed by atoms with van der Waals surface area (Å²) >= 11 is 3.18. The summed E-state index contributed by atoms with van der Waals surface area (Å²) in [6.07, 6.45) is -0.183. The number of likely N-dealkylation sites (N-methyl/N-ethyl adjacent to an activating group) is 1. The SMILES string of the molecule is Cc1c(N)cc(Br)cc1S(=O)(=O)NC1CC(=O)N(C)C1=O. The number of rotatable bonds is 3. The van der Waals surface area contributed by atoms with Crippen molar-refractivity contribution in [3.63, 3.8) is 0 Å². The van der Waals surface area contributed by atoms with E-state index >= 15 is 0 Å². The number of carbonyl (C=O) groups excluding carboxylic acids is 2. The van der Waals surface area contributed by atoms with Gasteiger partial charge in [-0.15, -0.1) is 0 Å². The summed E-state index contributed by atoms with van der Waals surface area (Å²) in [6, 6.07) is 1.91. The van der Waals surface area contributed by atoms with Gasteiger partial charge < -0.3 is 5.73 Å². The molecule has 0 aliphatic carbocycles. The molecule has 1 heterocycles. The van der Waals surface area contributed by atoms with Gasteiger partial charge in [-0.1, -0.05) is 15.9 Å². The smallest absolute Gasteiger partial charge is 0.247 e. The lowest BCUT2D eigenvalue weighted by molar-refractivity contribution is -0.137. The maximum absolute atomic E-state index is 12.4. The maximum atomic E-state index is 12.4. The minimum absolute atomic E-state index is 0.0239. The molecule has 0 saturated carbocycles. The molecule has 1 fully saturated rings. The van der Waals surface area contributed by atoms with Crippen molar-refractivity contribution in [1.29, 1.82) is 0 Å². The van der Waals surface area contributed by atoms with E-state index in [1.54, 1.807) is 13.0 Å². The Balaban J connectivity index is 2.36. The van der Waals surface area contributed by atoms with E-state index in [1.807, 2.05) is 0 Å². The van der Waals surface area contributed by atoms with Gasteiger partial charge >= 0.3 is 0 Å². The first kappa shape index (κ1) is 15.9. The molecular formula is C12H14BrN3O4S. The number of hydrogen-bond acceptors (Lipinski definition) is 5. The van der Waals surface area contributed by atoms with Crippen LogP contribution in [0.15, 0.2) is 21.5 Å². The van der Waals surface area contributed by atoms with Crippen molar-refractivity contribution in [1.82, 2.24) is 9.62 Å². The average Bonchev–Trinajstić information content (AvgIpc) is 2.61. The number of hydrogen-bond donors (Lipinski definition) is 2. The second-order valence-electron chi connectivity index (χ2n) is 4.79. The van der Waals surface area contributed by atoms with Crippen LogP contribution in [0.3, 0.4) is 0 Å². The van der Waals surface area contributed by atoms with Crippen molar-refractivity contribution in [2.75, 3.05) is 12.8 Å². The molecule has 0 radical (unpaired) electrons. The van der Waals surface area contributed by atoms with Gasteiger partial charge in [0, 0.05) is 17.2 Å². The fourth-order valence-corrected chi connectivity index (χ4v) is 4.17. The molecule has 7 nitrogen and oxygen atoms in total. The zero-order valence-electron chi connectivity index (χ0n) is 11.4. The molecule has 0 aromatic heterocycles. The van der Waals surface area contributed by atoms with Crippen molar-refractivity contribution >= 4 is 43.5 Å². The minimum Gasteiger partial charge on any atom is -0.398 e. The summed E-state index contributed by atoms with van der Waals surface area (Å²) < 4.78 is 27.6. The Hall–Kier alpha value is -1.45. The zero-order chi connectivity index (χ0) is 15.9. The number of carbonyl (C=O) groups is 2. The van der Waals surface area contributed by atoms with E-state index in [2.05, 4.69) is 20.7 Å². The fourth-order valence-electron chi connectivity index (χ4n) is 2.05. The van der Waals surface area contributed by atoms with Crippen LogP contribution in [0.25, 0.3) is 0 Å². The van der Waals surface area contributed by atoms with Crippen molar-refractivity contribution in [3.8, 4) is 0 Å². The molecule has 114 valence electrons. The van der Waals surface area contributed by atoms with E-state index < -0.39 is 27.9 Å². The molecule has 1 atom stereocenters. The summed E-state index contributed by atoms with van der Waals surface area (Å²) in [7, 11) is -2.64. The van der Waals surface area contributed by atoms with E-state index in [-0.39, 0.29) is 11.3 Å². The van der Waals surface area contributed by atoms with Crippen LogP contribution in [0.4, 0.5) is 5.69 Å². The van der Waals surface area contributed by atoms with Gasteiger partial charge in [0.1, 0.15) is 6.04 Å². The summed E-state index contributed by atoms with van der Waals surface area (Å²) in [5.74, 6) is -0.984. The number of halogens is 1. The van der Waals surface area contributed by atoms with Crippen LogP contribution in [-0.4, -0.2) is 38.2 Å². The first-order chi connectivity index (χ1) is 9.63. The predicted octanol–water partition coefficient (Wildman–Crippen LogP) is 0.375. The van der Waals surface area contributed by atoms with Crippen LogP contribution in [0, 0.1) is 6.92 Å². The summed E-state index contributed by atoms with van der Waals surface area (Å²) in [5, 5.41) is 0. The number of nitrogens with two attached hydrogens (primary N) is 1. The van der Waals surface area contributed by atoms with Gasteiger partial charge in [0.25, 0.3) is 0 Å². The van der Waals surface area contributed by atoms with Gasteiger partial charge in [0.15, 0.2) is 0 Å². The average molecular weight is 376 g/mol. The third-order valence-electron chi connectivity index (χ3n) is 3.33. The second kappa shape index (κ2) is 5.39. The molecule has 2 amide bonds. The summed E-state index contributed by atoms with van der Waals surface area (Å²) in [4.78, 5) is 24.1. The number of likely N-dealkylation sites (tertiary alicyclic amines) is 1. The van der Waals surface area contributed by atoms with Gasteiger partial charge in [-0.2, -0.15) is 4.72 Å². The van der Waals surface area contributed by atoms with Crippen LogP contribution in [0.5, 0.6) is 0 Å². The van der Waals surface area contributed by atoms with E-state index in [1.165, 1.54) is 13.1 Å². The Bertz CT molecular complexity index is 732. The van der Waals surface area contributed by atoms with Crippen LogP contribution >= 0.6 is 15.9 Å². The molecule has 1 saturated heterocycles. The molecule has 1 unspecified atom stereocenters. The predicted molar refractivity (Wildman–Crippen MR) is 79.8 cm³/mol. The highest BCUT2D eigenvalue weighted by Crippen LogP contribution is 2.27. The summed E-state index contributed by atoms with van der Waals surface area (Å²) in [6.45, 7) is 1.57. The lowest BCUT2D eigenvalue weighted by atomic mass is 10.2. The minimum atomic E-state index is -3.96. The molecule has 2 rings (SSSR count). The highest BCUT2D eigenvalue weighted by Gasteiger charge is 2.39. The lowest BCUT2D eigenvalue weighted by Gasteiger charge is -2.14. The Labute approximate surface area is 130 Å². The van der Waals surface area contributed by atoms with Crippen LogP contribution in [0.2, 0.25) is 0 Å². The van der Waals surface area contributed by atoms with Gasteiger partial charge in [-0.25, -0.2) is 8.42 Å². The van der Waals surface area contributed by atoms with E-state index in [9.17, 15) is 18.0 Å². The number of imide groups is 1. The van der Waals surface area contributed by atoms with E-state index in [0.29, 0.717) is 15.7 Å². The number of benzene rings is 1. The standard InChI is InChI=1S/C12H14BrN3O4S/c1-6-8(14)3-7(13)4-10(6)21(19,20)15-9-5-11(17)16(2)12(9)18/h3-4,9,15H,5,14H2,1-2H3. The molecule has 9 heteroatoms. The third-order valence-corrected chi connectivity index (χ3v) is 5.39. The Morgan fingerprint density at radius 1 is 1.38 bits per heavy atom. The molecule has 1 aliphatic rings. The largest absolute Gasteiger partial charge is 0.398 e. The van der Waals surface area contributed by atoms with Crippen LogP contribution in [0.1, 0.15) is 12.0 Å². The van der Waals surface area contributed by atoms with Gasteiger partial charge in [-0.05, 0) is 24.6 Å². The van der Waals surface area contributed by atoms with Gasteiger partial charge in [0.2, 0.25) is 21.8 Å².